The zero-order valence-electron chi connectivity index (χ0n) is 9.04. The fraction of sp³-hybridized carbons (Fsp3) is 0.143. The molecule has 0 N–H and O–H groups in total. The third-order valence-electron chi connectivity index (χ3n) is 2.51. The highest BCUT2D eigenvalue weighted by molar-refractivity contribution is 6.30. The van der Waals surface area contributed by atoms with Gasteiger partial charge in [0.25, 0.3) is 0 Å². The maximum Gasteiger partial charge on any atom is 0.123 e. The van der Waals surface area contributed by atoms with Gasteiger partial charge in [0.2, 0.25) is 0 Å². The van der Waals surface area contributed by atoms with Crippen molar-refractivity contribution in [2.24, 2.45) is 0 Å². The van der Waals surface area contributed by atoms with E-state index in [0.717, 1.165) is 11.1 Å². The van der Waals surface area contributed by atoms with Crippen molar-refractivity contribution >= 4 is 23.2 Å². The summed E-state index contributed by atoms with van der Waals surface area (Å²) in [5.74, 6) is -0.238. The molecule has 1 unspecified atom stereocenters. The lowest BCUT2D eigenvalue weighted by atomic mass is 10.0. The second kappa shape index (κ2) is 5.52. The van der Waals surface area contributed by atoms with Crippen molar-refractivity contribution in [2.45, 2.75) is 11.8 Å². The largest absolute Gasteiger partial charge is 0.207 e. The minimum atomic E-state index is -0.238. The van der Waals surface area contributed by atoms with Gasteiger partial charge in [0, 0.05) is 5.02 Å². The molecule has 2 aromatic carbocycles. The van der Waals surface area contributed by atoms with E-state index in [1.54, 1.807) is 12.1 Å². The van der Waals surface area contributed by atoms with E-state index in [4.69, 9.17) is 23.2 Å². The van der Waals surface area contributed by atoms with E-state index >= 15 is 0 Å². The summed E-state index contributed by atoms with van der Waals surface area (Å²) < 4.78 is 13.0. The van der Waals surface area contributed by atoms with Gasteiger partial charge in [0.05, 0.1) is 5.38 Å². The number of hydrogen-bond acceptors (Lipinski definition) is 0. The first-order chi connectivity index (χ1) is 8.15. The second-order valence-electron chi connectivity index (χ2n) is 3.86. The van der Waals surface area contributed by atoms with Gasteiger partial charge in [-0.05, 0) is 41.8 Å². The molecule has 0 saturated carbocycles. The molecule has 0 spiro atoms. The summed E-state index contributed by atoms with van der Waals surface area (Å²) in [5, 5.41) is 0.461. The van der Waals surface area contributed by atoms with Crippen LogP contribution in [0.4, 0.5) is 4.39 Å². The molecule has 0 aliphatic rings. The van der Waals surface area contributed by atoms with Gasteiger partial charge in [-0.1, -0.05) is 35.9 Å². The molecule has 0 nitrogen and oxygen atoms in total. The van der Waals surface area contributed by atoms with E-state index < -0.39 is 0 Å². The number of rotatable bonds is 3. The molecule has 0 saturated heterocycles. The molecule has 88 valence electrons. The summed E-state index contributed by atoms with van der Waals surface area (Å²) in [6.45, 7) is 0. The van der Waals surface area contributed by atoms with Gasteiger partial charge in [0.1, 0.15) is 5.82 Å². The van der Waals surface area contributed by atoms with Crippen molar-refractivity contribution in [3.05, 3.63) is 70.5 Å². The Kier molecular flexibility index (Phi) is 4.03. The molecule has 0 bridgehead atoms. The average molecular weight is 269 g/mol. The molecular formula is C14H11Cl2F. The van der Waals surface area contributed by atoms with Crippen LogP contribution in [-0.2, 0) is 6.42 Å². The lowest BCUT2D eigenvalue weighted by Gasteiger charge is -2.10. The van der Waals surface area contributed by atoms with E-state index in [9.17, 15) is 4.39 Å². The molecule has 3 heteroatoms. The molecule has 0 amide bonds. The average Bonchev–Trinajstić information content (AvgIpc) is 2.29. The molecule has 0 heterocycles. The number of alkyl halides is 1. The summed E-state index contributed by atoms with van der Waals surface area (Å²) in [4.78, 5) is 0. The second-order valence-corrected chi connectivity index (χ2v) is 4.82. The van der Waals surface area contributed by atoms with Crippen LogP contribution in [-0.4, -0.2) is 0 Å². The van der Waals surface area contributed by atoms with Crippen LogP contribution in [0.15, 0.2) is 48.5 Å². The molecule has 0 fully saturated rings. The Morgan fingerprint density at radius 2 is 1.82 bits per heavy atom. The summed E-state index contributed by atoms with van der Waals surface area (Å²) >= 11 is 12.2. The highest BCUT2D eigenvalue weighted by atomic mass is 35.5. The van der Waals surface area contributed by atoms with Crippen LogP contribution in [0.25, 0.3) is 0 Å². The highest BCUT2D eigenvalue weighted by Gasteiger charge is 2.09. The van der Waals surface area contributed by atoms with Crippen molar-refractivity contribution < 1.29 is 4.39 Å². The molecule has 0 aliphatic heterocycles. The Labute approximate surface area is 110 Å². The number of benzene rings is 2. The molecule has 0 aromatic heterocycles. The van der Waals surface area contributed by atoms with E-state index in [2.05, 4.69) is 0 Å². The standard InChI is InChI=1S/C14H11Cl2F/c15-12-5-2-4-11(9-12)14(16)8-10-3-1-6-13(17)7-10/h1-7,9,14H,8H2. The van der Waals surface area contributed by atoms with Gasteiger partial charge in [-0.15, -0.1) is 11.6 Å². The molecular weight excluding hydrogens is 258 g/mol. The summed E-state index contributed by atoms with van der Waals surface area (Å²) in [6, 6.07) is 13.9. The predicted octanol–water partition coefficient (Wildman–Crippen LogP) is 5.00. The van der Waals surface area contributed by atoms with Crippen LogP contribution in [0.1, 0.15) is 16.5 Å². The van der Waals surface area contributed by atoms with Gasteiger partial charge in [-0.3, -0.25) is 0 Å². The van der Waals surface area contributed by atoms with Gasteiger partial charge >= 0.3 is 0 Å². The molecule has 0 radical (unpaired) electrons. The topological polar surface area (TPSA) is 0 Å². The summed E-state index contributed by atoms with van der Waals surface area (Å²) in [6.07, 6.45) is 0.583. The molecule has 1 atom stereocenters. The third kappa shape index (κ3) is 3.45. The van der Waals surface area contributed by atoms with Crippen LogP contribution in [0, 0.1) is 5.82 Å². The van der Waals surface area contributed by atoms with Gasteiger partial charge in [-0.25, -0.2) is 4.39 Å². The Morgan fingerprint density at radius 1 is 1.06 bits per heavy atom. The van der Waals surface area contributed by atoms with Crippen LogP contribution < -0.4 is 0 Å². The maximum absolute atomic E-state index is 13.0. The predicted molar refractivity (Wildman–Crippen MR) is 70.2 cm³/mol. The van der Waals surface area contributed by atoms with E-state index in [-0.39, 0.29) is 11.2 Å². The maximum atomic E-state index is 13.0. The monoisotopic (exact) mass is 268 g/mol. The Bertz CT molecular complexity index is 511. The fourth-order valence-electron chi connectivity index (χ4n) is 1.69. The quantitative estimate of drug-likeness (QED) is 0.688. The van der Waals surface area contributed by atoms with Crippen molar-refractivity contribution in [1.29, 1.82) is 0 Å². The van der Waals surface area contributed by atoms with Crippen LogP contribution in [0.3, 0.4) is 0 Å². The first kappa shape index (κ1) is 12.4. The van der Waals surface area contributed by atoms with Crippen LogP contribution in [0.5, 0.6) is 0 Å². The number of hydrogen-bond donors (Lipinski definition) is 0. The van der Waals surface area contributed by atoms with Crippen molar-refractivity contribution in [1.82, 2.24) is 0 Å². The molecule has 2 aromatic rings. The zero-order valence-corrected chi connectivity index (χ0v) is 10.5. The van der Waals surface area contributed by atoms with Crippen molar-refractivity contribution in [2.75, 3.05) is 0 Å². The van der Waals surface area contributed by atoms with Gasteiger partial charge in [-0.2, -0.15) is 0 Å². The van der Waals surface area contributed by atoms with Crippen LogP contribution >= 0.6 is 23.2 Å². The lowest BCUT2D eigenvalue weighted by Crippen LogP contribution is -1.96. The van der Waals surface area contributed by atoms with Crippen LogP contribution in [0.2, 0.25) is 5.02 Å². The summed E-state index contributed by atoms with van der Waals surface area (Å²) in [5.41, 5.74) is 1.83. The Hall–Kier alpha value is -1.05. The van der Waals surface area contributed by atoms with Crippen molar-refractivity contribution in [3.63, 3.8) is 0 Å². The minimum absolute atomic E-state index is 0.199. The first-order valence-electron chi connectivity index (χ1n) is 5.29. The SMILES string of the molecule is Fc1cccc(CC(Cl)c2cccc(Cl)c2)c1. The lowest BCUT2D eigenvalue weighted by molar-refractivity contribution is 0.625. The molecule has 17 heavy (non-hydrogen) atoms. The highest BCUT2D eigenvalue weighted by Crippen LogP contribution is 2.27. The molecule has 2 rings (SSSR count). The normalized spacial score (nSPS) is 12.4. The third-order valence-corrected chi connectivity index (χ3v) is 3.16. The smallest absolute Gasteiger partial charge is 0.123 e. The van der Waals surface area contributed by atoms with Gasteiger partial charge < -0.3 is 0 Å². The number of halogens is 3. The fourth-order valence-corrected chi connectivity index (χ4v) is 2.20. The van der Waals surface area contributed by atoms with Gasteiger partial charge in [0.15, 0.2) is 0 Å². The van der Waals surface area contributed by atoms with E-state index in [1.165, 1.54) is 12.1 Å². The zero-order chi connectivity index (χ0) is 12.3. The Balaban J connectivity index is 2.14. The summed E-state index contributed by atoms with van der Waals surface area (Å²) in [7, 11) is 0. The van der Waals surface area contributed by atoms with E-state index in [0.29, 0.717) is 11.4 Å². The first-order valence-corrected chi connectivity index (χ1v) is 6.10. The molecule has 0 aliphatic carbocycles. The van der Waals surface area contributed by atoms with E-state index in [1.807, 2.05) is 24.3 Å². The van der Waals surface area contributed by atoms with Crippen molar-refractivity contribution in [3.8, 4) is 0 Å². The minimum Gasteiger partial charge on any atom is -0.207 e. The Morgan fingerprint density at radius 3 is 2.53 bits per heavy atom.